The molecule has 0 radical (unpaired) electrons. The van der Waals surface area contributed by atoms with Crippen LogP contribution in [0.15, 0.2) is 28.7 Å². The number of rotatable bonds is 3. The van der Waals surface area contributed by atoms with Gasteiger partial charge in [-0.15, -0.1) is 0 Å². The summed E-state index contributed by atoms with van der Waals surface area (Å²) in [5.41, 5.74) is 1.37. The van der Waals surface area contributed by atoms with Crippen molar-refractivity contribution in [3.05, 3.63) is 34.3 Å². The molecule has 0 saturated heterocycles. The summed E-state index contributed by atoms with van der Waals surface area (Å²) in [4.78, 5) is 0. The monoisotopic (exact) mass is 239 g/mol. The average Bonchev–Trinajstić information content (AvgIpc) is 2.05. The standard InChI is InChI=1S/C11H14BrN/c12-10-6-4-9(5-7-10)8-13-11-2-1-3-11/h4-7,11,13H,1-3,8H2. The lowest BCUT2D eigenvalue weighted by atomic mass is 9.93. The molecule has 1 fully saturated rings. The molecule has 0 heterocycles. The van der Waals surface area contributed by atoms with Crippen LogP contribution in [0.25, 0.3) is 0 Å². The Labute approximate surface area is 87.7 Å². The van der Waals surface area contributed by atoms with Gasteiger partial charge in [0.1, 0.15) is 0 Å². The van der Waals surface area contributed by atoms with Gasteiger partial charge in [0.25, 0.3) is 0 Å². The maximum Gasteiger partial charge on any atom is 0.0208 e. The smallest absolute Gasteiger partial charge is 0.0208 e. The second kappa shape index (κ2) is 4.25. The summed E-state index contributed by atoms with van der Waals surface area (Å²) in [6, 6.07) is 9.30. The Morgan fingerprint density at radius 1 is 1.23 bits per heavy atom. The van der Waals surface area contributed by atoms with E-state index >= 15 is 0 Å². The van der Waals surface area contributed by atoms with E-state index in [9.17, 15) is 0 Å². The summed E-state index contributed by atoms with van der Waals surface area (Å²) >= 11 is 3.43. The van der Waals surface area contributed by atoms with E-state index in [4.69, 9.17) is 0 Å². The van der Waals surface area contributed by atoms with Gasteiger partial charge in [0.2, 0.25) is 0 Å². The van der Waals surface area contributed by atoms with E-state index in [0.29, 0.717) is 0 Å². The maximum absolute atomic E-state index is 3.54. The van der Waals surface area contributed by atoms with Gasteiger partial charge in [-0.05, 0) is 30.5 Å². The molecule has 1 saturated carbocycles. The van der Waals surface area contributed by atoms with E-state index in [-0.39, 0.29) is 0 Å². The van der Waals surface area contributed by atoms with Crippen molar-refractivity contribution in [1.29, 1.82) is 0 Å². The average molecular weight is 240 g/mol. The second-order valence-electron chi connectivity index (χ2n) is 3.64. The molecule has 0 atom stereocenters. The van der Waals surface area contributed by atoms with Crippen LogP contribution in [0.2, 0.25) is 0 Å². The third kappa shape index (κ3) is 2.55. The van der Waals surface area contributed by atoms with Crippen molar-refractivity contribution >= 4 is 15.9 Å². The van der Waals surface area contributed by atoms with Gasteiger partial charge >= 0.3 is 0 Å². The molecule has 2 rings (SSSR count). The van der Waals surface area contributed by atoms with E-state index in [1.807, 2.05) is 0 Å². The highest BCUT2D eigenvalue weighted by atomic mass is 79.9. The van der Waals surface area contributed by atoms with Gasteiger partial charge in [0.05, 0.1) is 0 Å². The van der Waals surface area contributed by atoms with Crippen molar-refractivity contribution in [1.82, 2.24) is 5.32 Å². The molecule has 70 valence electrons. The molecule has 0 bridgehead atoms. The van der Waals surface area contributed by atoms with Crippen LogP contribution < -0.4 is 5.32 Å². The molecule has 2 heteroatoms. The molecule has 1 aliphatic carbocycles. The van der Waals surface area contributed by atoms with Gasteiger partial charge in [-0.1, -0.05) is 34.5 Å². The van der Waals surface area contributed by atoms with Crippen molar-refractivity contribution in [3.63, 3.8) is 0 Å². The lowest BCUT2D eigenvalue weighted by Gasteiger charge is -2.26. The van der Waals surface area contributed by atoms with Crippen molar-refractivity contribution in [2.75, 3.05) is 0 Å². The zero-order valence-electron chi connectivity index (χ0n) is 7.59. The third-order valence-corrected chi connectivity index (χ3v) is 3.14. The Bertz CT molecular complexity index is 264. The van der Waals surface area contributed by atoms with Crippen LogP contribution in [0.1, 0.15) is 24.8 Å². The van der Waals surface area contributed by atoms with Crippen LogP contribution in [0, 0.1) is 0 Å². The van der Waals surface area contributed by atoms with Crippen LogP contribution in [-0.2, 0) is 6.54 Å². The lowest BCUT2D eigenvalue weighted by molar-refractivity contribution is 0.338. The highest BCUT2D eigenvalue weighted by Crippen LogP contribution is 2.18. The van der Waals surface area contributed by atoms with Crippen molar-refractivity contribution in [2.24, 2.45) is 0 Å². The number of nitrogens with one attached hydrogen (secondary N) is 1. The predicted molar refractivity (Wildman–Crippen MR) is 58.6 cm³/mol. The Morgan fingerprint density at radius 3 is 2.46 bits per heavy atom. The minimum Gasteiger partial charge on any atom is -0.310 e. The minimum atomic E-state index is 0.781. The molecule has 0 amide bonds. The lowest BCUT2D eigenvalue weighted by Crippen LogP contribution is -2.34. The van der Waals surface area contributed by atoms with Crippen LogP contribution >= 0.6 is 15.9 Å². The molecule has 1 aromatic rings. The minimum absolute atomic E-state index is 0.781. The SMILES string of the molecule is Brc1ccc(CNC2CCC2)cc1. The Balaban J connectivity index is 1.83. The van der Waals surface area contributed by atoms with E-state index in [1.54, 1.807) is 0 Å². The molecule has 1 aliphatic rings. The number of halogens is 1. The highest BCUT2D eigenvalue weighted by Gasteiger charge is 2.15. The number of benzene rings is 1. The molecule has 0 unspecified atom stereocenters. The van der Waals surface area contributed by atoms with Crippen LogP contribution in [0.5, 0.6) is 0 Å². The van der Waals surface area contributed by atoms with E-state index < -0.39 is 0 Å². The van der Waals surface area contributed by atoms with E-state index in [1.165, 1.54) is 24.8 Å². The van der Waals surface area contributed by atoms with Crippen LogP contribution in [0.3, 0.4) is 0 Å². The van der Waals surface area contributed by atoms with Crippen LogP contribution in [-0.4, -0.2) is 6.04 Å². The van der Waals surface area contributed by atoms with Gasteiger partial charge in [-0.3, -0.25) is 0 Å². The largest absolute Gasteiger partial charge is 0.310 e. The summed E-state index contributed by atoms with van der Waals surface area (Å²) in [6.07, 6.45) is 4.12. The van der Waals surface area contributed by atoms with Gasteiger partial charge in [-0.25, -0.2) is 0 Å². The summed E-state index contributed by atoms with van der Waals surface area (Å²) < 4.78 is 1.15. The Kier molecular flexibility index (Phi) is 3.01. The molecule has 0 aromatic heterocycles. The van der Waals surface area contributed by atoms with Crippen LogP contribution in [0.4, 0.5) is 0 Å². The third-order valence-electron chi connectivity index (χ3n) is 2.61. The van der Waals surface area contributed by atoms with E-state index in [2.05, 4.69) is 45.5 Å². The first-order chi connectivity index (χ1) is 6.34. The fourth-order valence-corrected chi connectivity index (χ4v) is 1.74. The number of hydrogen-bond acceptors (Lipinski definition) is 1. The van der Waals surface area contributed by atoms with Gasteiger partial charge in [0.15, 0.2) is 0 Å². The fraction of sp³-hybridized carbons (Fsp3) is 0.455. The first-order valence-electron chi connectivity index (χ1n) is 4.82. The molecule has 0 spiro atoms. The Hall–Kier alpha value is -0.340. The summed E-state index contributed by atoms with van der Waals surface area (Å²) in [7, 11) is 0. The molecular formula is C11H14BrN. The molecule has 1 nitrogen and oxygen atoms in total. The quantitative estimate of drug-likeness (QED) is 0.856. The van der Waals surface area contributed by atoms with Gasteiger partial charge in [-0.2, -0.15) is 0 Å². The van der Waals surface area contributed by atoms with Gasteiger partial charge in [0, 0.05) is 17.1 Å². The van der Waals surface area contributed by atoms with Crippen molar-refractivity contribution in [3.8, 4) is 0 Å². The first kappa shape index (κ1) is 9.22. The number of hydrogen-bond donors (Lipinski definition) is 1. The van der Waals surface area contributed by atoms with Gasteiger partial charge < -0.3 is 5.32 Å². The van der Waals surface area contributed by atoms with E-state index in [0.717, 1.165) is 17.1 Å². The maximum atomic E-state index is 3.54. The Morgan fingerprint density at radius 2 is 1.92 bits per heavy atom. The molecule has 13 heavy (non-hydrogen) atoms. The normalized spacial score (nSPS) is 17.0. The first-order valence-corrected chi connectivity index (χ1v) is 5.62. The fourth-order valence-electron chi connectivity index (χ4n) is 1.48. The highest BCUT2D eigenvalue weighted by molar-refractivity contribution is 9.10. The summed E-state index contributed by atoms with van der Waals surface area (Å²) in [5, 5.41) is 3.54. The zero-order chi connectivity index (χ0) is 9.10. The topological polar surface area (TPSA) is 12.0 Å². The molecule has 1 aromatic carbocycles. The van der Waals surface area contributed by atoms with Crippen molar-refractivity contribution in [2.45, 2.75) is 31.8 Å². The molecule has 1 N–H and O–H groups in total. The summed E-state index contributed by atoms with van der Waals surface area (Å²) in [5.74, 6) is 0. The molecule has 0 aliphatic heterocycles. The van der Waals surface area contributed by atoms with Crippen molar-refractivity contribution < 1.29 is 0 Å². The summed E-state index contributed by atoms with van der Waals surface area (Å²) in [6.45, 7) is 1.01. The second-order valence-corrected chi connectivity index (χ2v) is 4.55. The predicted octanol–water partition coefficient (Wildman–Crippen LogP) is 3.09. The zero-order valence-corrected chi connectivity index (χ0v) is 9.18. The molecular weight excluding hydrogens is 226 g/mol.